The van der Waals surface area contributed by atoms with Gasteiger partial charge in [-0.25, -0.2) is 0 Å². The minimum Gasteiger partial charge on any atom is -0.507 e. The van der Waals surface area contributed by atoms with Crippen LogP contribution < -0.4 is 5.73 Å². The molecule has 4 nitrogen and oxygen atoms in total. The van der Waals surface area contributed by atoms with Gasteiger partial charge in [-0.1, -0.05) is 41.5 Å². The third-order valence-corrected chi connectivity index (χ3v) is 5.79. The molecule has 1 aromatic heterocycles. The van der Waals surface area contributed by atoms with Crippen molar-refractivity contribution in [3.63, 3.8) is 0 Å². The van der Waals surface area contributed by atoms with Crippen LogP contribution >= 0.6 is 0 Å². The van der Waals surface area contributed by atoms with Crippen molar-refractivity contribution in [3.05, 3.63) is 40.6 Å². The van der Waals surface area contributed by atoms with Gasteiger partial charge in [-0.3, -0.25) is 4.79 Å². The second-order valence-electron chi connectivity index (χ2n) is 10.4. The Morgan fingerprint density at radius 1 is 1.07 bits per heavy atom. The summed E-state index contributed by atoms with van der Waals surface area (Å²) in [5.74, 6) is 0.655. The number of hydrogen-bond acceptors (Lipinski definition) is 2. The van der Waals surface area contributed by atoms with Crippen molar-refractivity contribution in [1.82, 2.24) is 4.57 Å². The number of nitrogens with two attached hydrogens (primary N) is 1. The first-order valence-corrected chi connectivity index (χ1v) is 10.2. The summed E-state index contributed by atoms with van der Waals surface area (Å²) in [5, 5.41) is 11.0. The average Bonchev–Trinajstić information content (AvgIpc) is 3.30. The maximum absolute atomic E-state index is 12.0. The molecular formula is C24H34N2O2. The Balaban J connectivity index is 2.28. The molecule has 1 fully saturated rings. The minimum atomic E-state index is -0.390. The van der Waals surface area contributed by atoms with Crippen molar-refractivity contribution in [2.45, 2.75) is 78.7 Å². The SMILES string of the molecule is Cc1c(C(N)=O)cc(-c2cc(C(C)(C)C)c(O)c(C(C)(C)C)c2)n1CC1CC1. The van der Waals surface area contributed by atoms with Crippen LogP contribution in [0.3, 0.4) is 0 Å². The van der Waals surface area contributed by atoms with E-state index in [1.54, 1.807) is 0 Å². The molecule has 0 spiro atoms. The molecule has 0 saturated heterocycles. The van der Waals surface area contributed by atoms with E-state index in [2.05, 4.69) is 58.2 Å². The lowest BCUT2D eigenvalue weighted by Gasteiger charge is -2.28. The third-order valence-electron chi connectivity index (χ3n) is 5.79. The number of carbonyl (C=O) groups is 1. The van der Waals surface area contributed by atoms with Crippen molar-refractivity contribution in [1.29, 1.82) is 0 Å². The number of phenols is 1. The average molecular weight is 383 g/mol. The van der Waals surface area contributed by atoms with E-state index in [0.717, 1.165) is 34.6 Å². The van der Waals surface area contributed by atoms with E-state index in [-0.39, 0.29) is 16.7 Å². The fraction of sp³-hybridized carbons (Fsp3) is 0.542. The van der Waals surface area contributed by atoms with Crippen LogP contribution in [-0.4, -0.2) is 15.6 Å². The molecule has 1 aliphatic carbocycles. The fourth-order valence-corrected chi connectivity index (χ4v) is 3.85. The monoisotopic (exact) mass is 382 g/mol. The van der Waals surface area contributed by atoms with Gasteiger partial charge >= 0.3 is 0 Å². The predicted octanol–water partition coefficient (Wildman–Crippen LogP) is 5.27. The van der Waals surface area contributed by atoms with Gasteiger partial charge in [-0.2, -0.15) is 0 Å². The number of aromatic nitrogens is 1. The first kappa shape index (κ1) is 20.5. The molecule has 0 radical (unpaired) electrons. The van der Waals surface area contributed by atoms with Crippen LogP contribution in [0.1, 0.15) is 81.6 Å². The smallest absolute Gasteiger partial charge is 0.250 e. The van der Waals surface area contributed by atoms with Gasteiger partial charge in [0.05, 0.1) is 5.56 Å². The molecule has 0 atom stereocenters. The maximum atomic E-state index is 12.0. The molecule has 152 valence electrons. The highest BCUT2D eigenvalue weighted by atomic mass is 16.3. The predicted molar refractivity (Wildman–Crippen MR) is 115 cm³/mol. The lowest BCUT2D eigenvalue weighted by atomic mass is 9.78. The quantitative estimate of drug-likeness (QED) is 0.756. The van der Waals surface area contributed by atoms with Gasteiger partial charge < -0.3 is 15.4 Å². The van der Waals surface area contributed by atoms with Crippen molar-refractivity contribution < 1.29 is 9.90 Å². The Bertz CT molecular complexity index is 884. The van der Waals surface area contributed by atoms with Gasteiger partial charge in [0.25, 0.3) is 5.91 Å². The molecule has 1 heterocycles. The molecule has 4 heteroatoms. The van der Waals surface area contributed by atoms with E-state index in [1.165, 1.54) is 12.8 Å². The normalized spacial score (nSPS) is 15.1. The Morgan fingerprint density at radius 2 is 1.57 bits per heavy atom. The Kier molecular flexibility index (Phi) is 4.89. The van der Waals surface area contributed by atoms with E-state index in [4.69, 9.17) is 5.73 Å². The highest BCUT2D eigenvalue weighted by Crippen LogP contribution is 2.43. The number of rotatable bonds is 4. The largest absolute Gasteiger partial charge is 0.507 e. The van der Waals surface area contributed by atoms with Crippen LogP contribution in [0, 0.1) is 12.8 Å². The zero-order valence-electron chi connectivity index (χ0n) is 18.3. The first-order valence-electron chi connectivity index (χ1n) is 10.2. The number of aromatic hydroxyl groups is 1. The second-order valence-corrected chi connectivity index (χ2v) is 10.4. The van der Waals surface area contributed by atoms with Crippen LogP contribution in [0.4, 0.5) is 0 Å². The Hall–Kier alpha value is -2.23. The van der Waals surface area contributed by atoms with Gasteiger partial charge in [0.1, 0.15) is 5.75 Å². The van der Waals surface area contributed by atoms with Crippen LogP contribution in [0.25, 0.3) is 11.3 Å². The number of hydrogen-bond donors (Lipinski definition) is 2. The highest BCUT2D eigenvalue weighted by molar-refractivity contribution is 5.95. The van der Waals surface area contributed by atoms with Crippen LogP contribution in [0.15, 0.2) is 18.2 Å². The molecule has 2 aromatic rings. The standard InChI is InChI=1S/C24H34N2O2/c1-14-17(22(25)28)12-20(26(14)13-15-8-9-15)16-10-18(23(2,3)4)21(27)19(11-16)24(5,6)7/h10-12,15,27H,8-9,13H2,1-7H3,(H2,25,28). The molecule has 3 N–H and O–H groups in total. The van der Waals surface area contributed by atoms with Crippen LogP contribution in [0.2, 0.25) is 0 Å². The molecular weight excluding hydrogens is 348 g/mol. The summed E-state index contributed by atoms with van der Waals surface area (Å²) in [6, 6.07) is 6.08. The van der Waals surface area contributed by atoms with Crippen molar-refractivity contribution in [2.24, 2.45) is 11.7 Å². The summed E-state index contributed by atoms with van der Waals surface area (Å²) in [6.45, 7) is 15.6. The highest BCUT2D eigenvalue weighted by Gasteiger charge is 2.29. The minimum absolute atomic E-state index is 0.199. The molecule has 28 heavy (non-hydrogen) atoms. The van der Waals surface area contributed by atoms with Crippen molar-refractivity contribution in [3.8, 4) is 17.0 Å². The fourth-order valence-electron chi connectivity index (χ4n) is 3.85. The number of phenolic OH excluding ortho intramolecular Hbond substituents is 1. The van der Waals surface area contributed by atoms with Crippen LogP contribution in [0.5, 0.6) is 5.75 Å². The van der Waals surface area contributed by atoms with Gasteiger partial charge in [-0.15, -0.1) is 0 Å². The first-order chi connectivity index (χ1) is 12.8. The number of benzene rings is 1. The van der Waals surface area contributed by atoms with Gasteiger partial charge in [0, 0.05) is 29.1 Å². The van der Waals surface area contributed by atoms with Crippen molar-refractivity contribution in [2.75, 3.05) is 0 Å². The third kappa shape index (κ3) is 3.82. The number of carbonyl (C=O) groups excluding carboxylic acids is 1. The summed E-state index contributed by atoms with van der Waals surface area (Å²) in [6.07, 6.45) is 2.47. The molecule has 1 aliphatic rings. The zero-order chi connectivity index (χ0) is 21.0. The lowest BCUT2D eigenvalue weighted by molar-refractivity contribution is 0.0999. The topological polar surface area (TPSA) is 68.2 Å². The molecule has 3 rings (SSSR count). The summed E-state index contributed by atoms with van der Waals surface area (Å²) < 4.78 is 2.24. The van der Waals surface area contributed by atoms with Gasteiger partial charge in [0.15, 0.2) is 0 Å². The second kappa shape index (κ2) is 6.68. The molecule has 0 bridgehead atoms. The molecule has 0 unspecified atom stereocenters. The molecule has 1 saturated carbocycles. The van der Waals surface area contributed by atoms with E-state index in [1.807, 2.05) is 13.0 Å². The zero-order valence-corrected chi connectivity index (χ0v) is 18.3. The number of primary amides is 1. The van der Waals surface area contributed by atoms with Gasteiger partial charge in [-0.05, 0) is 60.3 Å². The molecule has 1 aromatic carbocycles. The van der Waals surface area contributed by atoms with E-state index in [0.29, 0.717) is 17.2 Å². The Morgan fingerprint density at radius 3 is 1.96 bits per heavy atom. The van der Waals surface area contributed by atoms with E-state index >= 15 is 0 Å². The summed E-state index contributed by atoms with van der Waals surface area (Å²) in [5.41, 5.74) is 10.7. The summed E-state index contributed by atoms with van der Waals surface area (Å²) in [7, 11) is 0. The lowest BCUT2D eigenvalue weighted by Crippen LogP contribution is -2.17. The number of amides is 1. The number of nitrogens with zero attached hydrogens (tertiary/aromatic N) is 1. The van der Waals surface area contributed by atoms with E-state index < -0.39 is 0 Å². The summed E-state index contributed by atoms with van der Waals surface area (Å²) in [4.78, 5) is 12.0. The molecule has 1 amide bonds. The maximum Gasteiger partial charge on any atom is 0.250 e. The van der Waals surface area contributed by atoms with E-state index in [9.17, 15) is 9.90 Å². The van der Waals surface area contributed by atoms with Gasteiger partial charge in [0.2, 0.25) is 0 Å². The van der Waals surface area contributed by atoms with Crippen molar-refractivity contribution >= 4 is 5.91 Å². The van der Waals surface area contributed by atoms with Crippen LogP contribution in [-0.2, 0) is 17.4 Å². The molecule has 0 aliphatic heterocycles. The Labute approximate surface area is 168 Å². The summed E-state index contributed by atoms with van der Waals surface area (Å²) >= 11 is 0.